The van der Waals surface area contributed by atoms with E-state index in [-0.39, 0.29) is 24.1 Å². The van der Waals surface area contributed by atoms with Gasteiger partial charge in [-0.25, -0.2) is 0 Å². The van der Waals surface area contributed by atoms with Gasteiger partial charge in [0.25, 0.3) is 0 Å². The zero-order valence-corrected chi connectivity index (χ0v) is 8.72. The molecule has 15 heavy (non-hydrogen) atoms. The molecule has 5 nitrogen and oxygen atoms in total. The van der Waals surface area contributed by atoms with E-state index in [1.165, 1.54) is 0 Å². The van der Waals surface area contributed by atoms with Crippen LogP contribution in [0.25, 0.3) is 0 Å². The number of carbonyl (C=O) groups is 1. The summed E-state index contributed by atoms with van der Waals surface area (Å²) in [6, 6.07) is 0. The Morgan fingerprint density at radius 1 is 1.40 bits per heavy atom. The van der Waals surface area contributed by atoms with Gasteiger partial charge in [0.15, 0.2) is 0 Å². The standard InChI is InChI=1S/C10H16O5/c1-2-13-8(12)3-6-4-14-10-7(11)5-15-9(6)10/h6-7,9-11H,2-5H2,1H3/t6?,7-,9-,10-/m1/s1. The third kappa shape index (κ3) is 2.14. The second-order valence-electron chi connectivity index (χ2n) is 3.93. The van der Waals surface area contributed by atoms with Crippen molar-refractivity contribution < 1.29 is 24.1 Å². The smallest absolute Gasteiger partial charge is 0.306 e. The molecule has 4 atom stereocenters. The highest BCUT2D eigenvalue weighted by molar-refractivity contribution is 5.69. The van der Waals surface area contributed by atoms with Gasteiger partial charge in [0.1, 0.15) is 12.2 Å². The molecule has 2 rings (SSSR count). The zero-order valence-electron chi connectivity index (χ0n) is 8.72. The van der Waals surface area contributed by atoms with E-state index in [1.807, 2.05) is 0 Å². The molecule has 2 heterocycles. The molecule has 5 heteroatoms. The first-order chi connectivity index (χ1) is 7.22. The molecule has 86 valence electrons. The van der Waals surface area contributed by atoms with E-state index in [0.29, 0.717) is 26.2 Å². The average molecular weight is 216 g/mol. The minimum Gasteiger partial charge on any atom is -0.466 e. The van der Waals surface area contributed by atoms with Crippen molar-refractivity contribution in [2.45, 2.75) is 31.7 Å². The van der Waals surface area contributed by atoms with Crippen molar-refractivity contribution >= 4 is 5.97 Å². The molecule has 2 aliphatic rings. The summed E-state index contributed by atoms with van der Waals surface area (Å²) in [5, 5.41) is 9.49. The number of aliphatic hydroxyl groups is 1. The maximum atomic E-state index is 11.3. The summed E-state index contributed by atoms with van der Waals surface area (Å²) in [5.74, 6) is -0.206. The van der Waals surface area contributed by atoms with Crippen LogP contribution in [-0.4, -0.2) is 49.2 Å². The number of hydrogen-bond acceptors (Lipinski definition) is 5. The number of carbonyl (C=O) groups excluding carboxylic acids is 1. The molecule has 0 amide bonds. The first-order valence-corrected chi connectivity index (χ1v) is 5.29. The normalized spacial score (nSPS) is 39.1. The molecule has 0 aromatic heterocycles. The third-order valence-electron chi connectivity index (χ3n) is 2.86. The average Bonchev–Trinajstić information content (AvgIpc) is 2.72. The SMILES string of the molecule is CCOC(=O)CC1CO[C@@H]2[C@H](O)CO[C@H]12. The molecule has 0 aliphatic carbocycles. The topological polar surface area (TPSA) is 65.0 Å². The maximum Gasteiger partial charge on any atom is 0.306 e. The summed E-state index contributed by atoms with van der Waals surface area (Å²) in [7, 11) is 0. The molecule has 0 aromatic carbocycles. The highest BCUT2D eigenvalue weighted by Crippen LogP contribution is 2.33. The van der Waals surface area contributed by atoms with Gasteiger partial charge in [0, 0.05) is 5.92 Å². The van der Waals surface area contributed by atoms with Crippen LogP contribution in [0.5, 0.6) is 0 Å². The van der Waals surface area contributed by atoms with Crippen molar-refractivity contribution in [1.29, 1.82) is 0 Å². The summed E-state index contributed by atoms with van der Waals surface area (Å²) < 4.78 is 15.7. The van der Waals surface area contributed by atoms with Crippen LogP contribution in [-0.2, 0) is 19.0 Å². The van der Waals surface area contributed by atoms with E-state index in [4.69, 9.17) is 14.2 Å². The molecule has 0 radical (unpaired) electrons. The number of hydrogen-bond donors (Lipinski definition) is 1. The Kier molecular flexibility index (Phi) is 3.23. The predicted molar refractivity (Wildman–Crippen MR) is 50.2 cm³/mol. The zero-order chi connectivity index (χ0) is 10.8. The fraction of sp³-hybridized carbons (Fsp3) is 0.900. The van der Waals surface area contributed by atoms with Gasteiger partial charge in [0.05, 0.1) is 32.3 Å². The van der Waals surface area contributed by atoms with Gasteiger partial charge in [0.2, 0.25) is 0 Å². The summed E-state index contributed by atoms with van der Waals surface area (Å²) in [6.45, 7) is 2.94. The number of aliphatic hydroxyl groups excluding tert-OH is 1. The van der Waals surface area contributed by atoms with Crippen LogP contribution >= 0.6 is 0 Å². The third-order valence-corrected chi connectivity index (χ3v) is 2.86. The van der Waals surface area contributed by atoms with Crippen LogP contribution in [0.15, 0.2) is 0 Å². The van der Waals surface area contributed by atoms with E-state index >= 15 is 0 Å². The van der Waals surface area contributed by atoms with Crippen LogP contribution in [0.4, 0.5) is 0 Å². The summed E-state index contributed by atoms with van der Waals surface area (Å²) in [6.07, 6.45) is -0.655. The van der Waals surface area contributed by atoms with Gasteiger partial charge in [-0.3, -0.25) is 4.79 Å². The minimum absolute atomic E-state index is 0.0196. The van der Waals surface area contributed by atoms with Crippen LogP contribution < -0.4 is 0 Å². The second kappa shape index (κ2) is 4.47. The lowest BCUT2D eigenvalue weighted by Gasteiger charge is -2.14. The van der Waals surface area contributed by atoms with Crippen LogP contribution in [0, 0.1) is 5.92 Å². The van der Waals surface area contributed by atoms with Gasteiger partial charge in [-0.15, -0.1) is 0 Å². The Labute approximate surface area is 88.3 Å². The first-order valence-electron chi connectivity index (χ1n) is 5.29. The molecule has 2 fully saturated rings. The number of fused-ring (bicyclic) bond motifs is 1. The van der Waals surface area contributed by atoms with Crippen LogP contribution in [0.2, 0.25) is 0 Å². The van der Waals surface area contributed by atoms with Crippen molar-refractivity contribution in [2.24, 2.45) is 5.92 Å². The molecule has 0 spiro atoms. The lowest BCUT2D eigenvalue weighted by atomic mass is 9.98. The maximum absolute atomic E-state index is 11.3. The Morgan fingerprint density at radius 2 is 2.13 bits per heavy atom. The second-order valence-corrected chi connectivity index (χ2v) is 3.93. The van der Waals surface area contributed by atoms with E-state index in [9.17, 15) is 9.90 Å². The highest BCUT2D eigenvalue weighted by Gasteiger charge is 2.47. The summed E-state index contributed by atoms with van der Waals surface area (Å²) in [4.78, 5) is 11.3. The Hall–Kier alpha value is -0.650. The quantitative estimate of drug-likeness (QED) is 0.657. The number of esters is 1. The number of ether oxygens (including phenoxy) is 3. The first kappa shape index (κ1) is 10.9. The molecule has 1 unspecified atom stereocenters. The van der Waals surface area contributed by atoms with Crippen molar-refractivity contribution in [3.63, 3.8) is 0 Å². The van der Waals surface area contributed by atoms with Crippen molar-refractivity contribution in [1.82, 2.24) is 0 Å². The lowest BCUT2D eigenvalue weighted by molar-refractivity contribution is -0.145. The molecular weight excluding hydrogens is 200 g/mol. The molecule has 0 aromatic rings. The largest absolute Gasteiger partial charge is 0.466 e. The highest BCUT2D eigenvalue weighted by atomic mass is 16.6. The summed E-state index contributed by atoms with van der Waals surface area (Å²) in [5.41, 5.74) is 0. The van der Waals surface area contributed by atoms with Crippen molar-refractivity contribution in [3.8, 4) is 0 Å². The van der Waals surface area contributed by atoms with Gasteiger partial charge in [-0.05, 0) is 6.92 Å². The Bertz CT molecular complexity index is 242. The predicted octanol–water partition coefficient (Wildman–Crippen LogP) is -0.286. The lowest BCUT2D eigenvalue weighted by Crippen LogP contribution is -2.29. The fourth-order valence-corrected chi connectivity index (χ4v) is 2.17. The Morgan fingerprint density at radius 3 is 2.87 bits per heavy atom. The molecule has 0 bridgehead atoms. The van der Waals surface area contributed by atoms with Gasteiger partial charge >= 0.3 is 5.97 Å². The molecule has 1 N–H and O–H groups in total. The molecule has 0 saturated carbocycles. The fourth-order valence-electron chi connectivity index (χ4n) is 2.17. The minimum atomic E-state index is -0.554. The van der Waals surface area contributed by atoms with Gasteiger partial charge < -0.3 is 19.3 Å². The van der Waals surface area contributed by atoms with Crippen molar-refractivity contribution in [2.75, 3.05) is 19.8 Å². The van der Waals surface area contributed by atoms with E-state index < -0.39 is 6.10 Å². The summed E-state index contributed by atoms with van der Waals surface area (Å²) >= 11 is 0. The van der Waals surface area contributed by atoms with Gasteiger partial charge in [-0.2, -0.15) is 0 Å². The van der Waals surface area contributed by atoms with Gasteiger partial charge in [-0.1, -0.05) is 0 Å². The van der Waals surface area contributed by atoms with Crippen molar-refractivity contribution in [3.05, 3.63) is 0 Å². The van der Waals surface area contributed by atoms with Crippen LogP contribution in [0.1, 0.15) is 13.3 Å². The van der Waals surface area contributed by atoms with Crippen LogP contribution in [0.3, 0.4) is 0 Å². The monoisotopic (exact) mass is 216 g/mol. The van der Waals surface area contributed by atoms with E-state index in [0.717, 1.165) is 0 Å². The molecule has 2 aliphatic heterocycles. The Balaban J connectivity index is 1.87. The molecule has 2 saturated heterocycles. The van der Waals surface area contributed by atoms with E-state index in [1.54, 1.807) is 6.92 Å². The number of rotatable bonds is 3. The molecular formula is C10H16O5. The van der Waals surface area contributed by atoms with E-state index in [2.05, 4.69) is 0 Å².